The van der Waals surface area contributed by atoms with Gasteiger partial charge in [0.05, 0.1) is 40.1 Å². The highest BCUT2D eigenvalue weighted by molar-refractivity contribution is 7.13. The highest BCUT2D eigenvalue weighted by atomic mass is 32.1. The summed E-state index contributed by atoms with van der Waals surface area (Å²) in [6.07, 6.45) is 3.38. The van der Waals surface area contributed by atoms with E-state index >= 15 is 0 Å². The number of benzene rings is 2. The van der Waals surface area contributed by atoms with E-state index in [0.29, 0.717) is 43.9 Å². The SMILES string of the molecule is Cc1ncsc1-c1ccc(CNC(=O)[C@@H]2C[C@@H](O)CN2C(=O)[C@@H](NC(=O)CCCC(=O)N2CCN(c3cccc(-c4cnc5ccc(N6CCCC6c6cccc(F)c6)nn45)n3)CC2)C(C)(C)C)cc1. The number of aryl methyl sites for hydroxylation is 1. The molecule has 7 heterocycles. The normalized spacial score (nSPS) is 18.9. The quantitative estimate of drug-likeness (QED) is 0.111. The predicted molar refractivity (Wildman–Crippen MR) is 266 cm³/mol. The number of carbonyl (C=O) groups excluding carboxylic acids is 4. The number of aromatic nitrogens is 5. The van der Waals surface area contributed by atoms with Crippen LogP contribution in [0.1, 0.15) is 82.2 Å². The van der Waals surface area contributed by atoms with Gasteiger partial charge in [0.2, 0.25) is 23.6 Å². The Morgan fingerprint density at radius 1 is 0.914 bits per heavy atom. The average Bonchev–Trinajstić information content (AvgIpc) is 4.19. The highest BCUT2D eigenvalue weighted by Gasteiger charge is 2.44. The summed E-state index contributed by atoms with van der Waals surface area (Å²) in [5.74, 6) is 0.0935. The number of aliphatic hydroxyl groups excluding tert-OH is 1. The van der Waals surface area contributed by atoms with E-state index in [-0.39, 0.29) is 61.9 Å². The maximum Gasteiger partial charge on any atom is 0.246 e. The molecule has 0 spiro atoms. The van der Waals surface area contributed by atoms with Gasteiger partial charge in [-0.2, -0.15) is 0 Å². The zero-order valence-electron chi connectivity index (χ0n) is 40.1. The van der Waals surface area contributed by atoms with E-state index in [1.54, 1.807) is 29.7 Å². The summed E-state index contributed by atoms with van der Waals surface area (Å²) in [7, 11) is 0. The van der Waals surface area contributed by atoms with Crippen LogP contribution in [-0.2, 0) is 25.7 Å². The van der Waals surface area contributed by atoms with Gasteiger partial charge in [-0.3, -0.25) is 19.2 Å². The smallest absolute Gasteiger partial charge is 0.246 e. The number of pyridine rings is 1. The molecule has 2 aromatic carbocycles. The zero-order chi connectivity index (χ0) is 49.1. The Bertz CT molecular complexity index is 2860. The fraction of sp³-hybridized carbons (Fsp3) is 0.423. The van der Waals surface area contributed by atoms with Gasteiger partial charge in [-0.15, -0.1) is 16.4 Å². The van der Waals surface area contributed by atoms with Crippen LogP contribution < -0.4 is 20.4 Å². The summed E-state index contributed by atoms with van der Waals surface area (Å²) < 4.78 is 16.0. The minimum Gasteiger partial charge on any atom is -0.391 e. The van der Waals surface area contributed by atoms with Crippen LogP contribution in [0.4, 0.5) is 16.0 Å². The first kappa shape index (κ1) is 48.2. The Kier molecular flexibility index (Phi) is 14.2. The third-order valence-corrected chi connectivity index (χ3v) is 14.6. The molecule has 9 rings (SSSR count). The van der Waals surface area contributed by atoms with Crippen LogP contribution >= 0.6 is 11.3 Å². The third-order valence-electron chi connectivity index (χ3n) is 13.6. The van der Waals surface area contributed by atoms with E-state index in [9.17, 15) is 28.7 Å². The number of imidazole rings is 1. The number of aliphatic hydroxyl groups is 1. The molecule has 6 aromatic rings. The molecule has 3 saturated heterocycles. The number of carbonyl (C=O) groups is 4. The van der Waals surface area contributed by atoms with Crippen molar-refractivity contribution in [3.8, 4) is 21.8 Å². The number of β-amino-alcohol motifs (C(OH)–C–C–N with tert-alkyl or cyclic N) is 1. The van der Waals surface area contributed by atoms with Gasteiger partial charge in [0, 0.05) is 65.1 Å². The Balaban J connectivity index is 0.752. The molecule has 3 aliphatic rings. The van der Waals surface area contributed by atoms with Crippen molar-refractivity contribution in [3.05, 3.63) is 113 Å². The number of hydrogen-bond acceptors (Lipinski definition) is 12. The molecule has 0 bridgehead atoms. The van der Waals surface area contributed by atoms with Crippen molar-refractivity contribution in [3.63, 3.8) is 0 Å². The minimum absolute atomic E-state index is 0.0215. The molecule has 18 heteroatoms. The lowest BCUT2D eigenvalue weighted by molar-refractivity contribution is -0.144. The second kappa shape index (κ2) is 20.7. The van der Waals surface area contributed by atoms with E-state index < -0.39 is 29.5 Å². The number of fused-ring (bicyclic) bond motifs is 1. The van der Waals surface area contributed by atoms with Crippen LogP contribution in [0.15, 0.2) is 90.6 Å². The number of rotatable bonds is 14. The molecule has 366 valence electrons. The Morgan fingerprint density at radius 2 is 1.70 bits per heavy atom. The molecule has 1 unspecified atom stereocenters. The number of anilines is 2. The number of piperazine rings is 1. The fourth-order valence-corrected chi connectivity index (χ4v) is 10.6. The van der Waals surface area contributed by atoms with Gasteiger partial charge < -0.3 is 35.3 Å². The number of amides is 4. The third kappa shape index (κ3) is 10.7. The van der Waals surface area contributed by atoms with Gasteiger partial charge in [0.25, 0.3) is 0 Å². The highest BCUT2D eigenvalue weighted by Crippen LogP contribution is 2.36. The van der Waals surface area contributed by atoms with Crippen LogP contribution in [0, 0.1) is 18.2 Å². The molecule has 3 N–H and O–H groups in total. The van der Waals surface area contributed by atoms with Gasteiger partial charge >= 0.3 is 0 Å². The minimum atomic E-state index is -0.962. The van der Waals surface area contributed by atoms with Crippen molar-refractivity contribution in [2.24, 2.45) is 5.41 Å². The summed E-state index contributed by atoms with van der Waals surface area (Å²) in [5, 5.41) is 21.5. The monoisotopic (exact) mass is 969 g/mol. The van der Waals surface area contributed by atoms with Crippen LogP contribution in [0.25, 0.3) is 27.5 Å². The van der Waals surface area contributed by atoms with Crippen LogP contribution in [0.3, 0.4) is 0 Å². The van der Waals surface area contributed by atoms with E-state index in [1.807, 2.05) is 103 Å². The largest absolute Gasteiger partial charge is 0.391 e. The lowest BCUT2D eigenvalue weighted by Gasteiger charge is -2.36. The predicted octanol–water partition coefficient (Wildman–Crippen LogP) is 6.33. The molecule has 4 amide bonds. The van der Waals surface area contributed by atoms with E-state index in [1.165, 1.54) is 11.0 Å². The summed E-state index contributed by atoms with van der Waals surface area (Å²) in [4.78, 5) is 77.1. The second-order valence-electron chi connectivity index (χ2n) is 19.6. The van der Waals surface area contributed by atoms with Crippen molar-refractivity contribution in [2.75, 3.05) is 49.1 Å². The molecule has 3 fully saturated rings. The number of halogens is 1. The summed E-state index contributed by atoms with van der Waals surface area (Å²) in [5.41, 5.74) is 7.08. The van der Waals surface area contributed by atoms with Crippen molar-refractivity contribution < 1.29 is 28.7 Å². The molecule has 16 nitrogen and oxygen atoms in total. The van der Waals surface area contributed by atoms with Gasteiger partial charge in [-0.1, -0.05) is 63.2 Å². The molecule has 0 aliphatic carbocycles. The molecule has 4 aromatic heterocycles. The first-order chi connectivity index (χ1) is 33.7. The zero-order valence-corrected chi connectivity index (χ0v) is 40.9. The number of hydrogen-bond donors (Lipinski definition) is 3. The lowest BCUT2D eigenvalue weighted by Crippen LogP contribution is -2.57. The van der Waals surface area contributed by atoms with E-state index in [0.717, 1.165) is 64.0 Å². The molecule has 3 aliphatic heterocycles. The van der Waals surface area contributed by atoms with Crippen molar-refractivity contribution in [2.45, 2.75) is 97.0 Å². The van der Waals surface area contributed by atoms with Gasteiger partial charge in [0.15, 0.2) is 5.65 Å². The molecule has 0 radical (unpaired) electrons. The Hall–Kier alpha value is -6.79. The molecule has 4 atom stereocenters. The topological polar surface area (TPSA) is 182 Å². The van der Waals surface area contributed by atoms with Crippen LogP contribution in [0.2, 0.25) is 0 Å². The second-order valence-corrected chi connectivity index (χ2v) is 20.4. The fourth-order valence-electron chi connectivity index (χ4n) is 9.79. The number of nitrogens with one attached hydrogen (secondary N) is 2. The molecular weight excluding hydrogens is 910 g/mol. The van der Waals surface area contributed by atoms with E-state index in [2.05, 4.69) is 30.4 Å². The summed E-state index contributed by atoms with van der Waals surface area (Å²) >= 11 is 1.57. The van der Waals surface area contributed by atoms with Crippen molar-refractivity contribution >= 4 is 52.2 Å². The van der Waals surface area contributed by atoms with E-state index in [4.69, 9.17) is 10.1 Å². The van der Waals surface area contributed by atoms with Crippen molar-refractivity contribution in [1.29, 1.82) is 0 Å². The number of thiazole rings is 1. The molecular formula is C52H60FN11O5S. The first-order valence-electron chi connectivity index (χ1n) is 24.1. The van der Waals surface area contributed by atoms with Crippen LogP contribution in [-0.4, -0.2) is 121 Å². The molecule has 0 saturated carbocycles. The maximum absolute atomic E-state index is 14.2. The number of nitrogens with zero attached hydrogens (tertiary/aromatic N) is 9. The first-order valence-corrected chi connectivity index (χ1v) is 25.0. The lowest BCUT2D eigenvalue weighted by atomic mass is 9.85. The average molecular weight is 970 g/mol. The van der Waals surface area contributed by atoms with Gasteiger partial charge in [-0.05, 0) is 84.7 Å². The van der Waals surface area contributed by atoms with Crippen molar-refractivity contribution in [1.82, 2.24) is 45.0 Å². The summed E-state index contributed by atoms with van der Waals surface area (Å²) in [6.45, 7) is 10.7. The maximum atomic E-state index is 14.2. The van der Waals surface area contributed by atoms with Gasteiger partial charge in [-0.25, -0.2) is 23.9 Å². The van der Waals surface area contributed by atoms with Crippen LogP contribution in [0.5, 0.6) is 0 Å². The Labute approximate surface area is 410 Å². The molecule has 70 heavy (non-hydrogen) atoms. The standard InChI is InChI=1S/C52H60FN11O5S/c1-33-48(70-32-56-33)35-18-16-34(17-19-35)29-55-50(68)41-28-38(65)31-63(41)51(69)49(52(2,3)4)58-46(66)14-7-15-47(67)61-25-23-60(24-26-61)44-13-6-11-39(57-44)42-30-54-43-20-21-45(59-64(42)43)62-22-8-12-40(62)36-9-5-10-37(53)27-36/h5-6,9-11,13,16-21,27,30,32,38,40-41,49,65H,7-8,12,14-15,22-26,28-29,31H2,1-4H3,(H,55,68)(H,58,66)/t38-,40?,41+,49-/m1/s1. The Morgan fingerprint density at radius 3 is 2.44 bits per heavy atom. The van der Waals surface area contributed by atoms with Gasteiger partial charge in [0.1, 0.15) is 35.2 Å². The number of likely N-dealkylation sites (tertiary alicyclic amines) is 1. The summed E-state index contributed by atoms with van der Waals surface area (Å²) in [6, 6.07) is 22.6.